The molecule has 112 valence electrons. The van der Waals surface area contributed by atoms with Gasteiger partial charge in [-0.05, 0) is 12.1 Å². The molecule has 0 saturated carbocycles. The minimum Gasteiger partial charge on any atom is -0.468 e. The highest BCUT2D eigenvalue weighted by atomic mass is 16.6. The molecule has 22 heavy (non-hydrogen) atoms. The number of furan rings is 1. The fraction of sp³-hybridized carbons (Fsp3) is 0.133. The van der Waals surface area contributed by atoms with Gasteiger partial charge in [-0.1, -0.05) is 12.1 Å². The number of ether oxygens (including phenoxy) is 2. The van der Waals surface area contributed by atoms with Crippen LogP contribution in [0.1, 0.15) is 31.1 Å². The van der Waals surface area contributed by atoms with Crippen molar-refractivity contribution in [2.75, 3.05) is 19.1 Å². The molecule has 0 bridgehead atoms. The van der Waals surface area contributed by atoms with Crippen molar-refractivity contribution in [2.24, 2.45) is 0 Å². The molecule has 7 heteroatoms. The maximum atomic E-state index is 12.3. The van der Waals surface area contributed by atoms with Crippen LogP contribution in [-0.2, 0) is 4.74 Å². The lowest BCUT2D eigenvalue weighted by Crippen LogP contribution is -2.28. The van der Waals surface area contributed by atoms with E-state index in [1.807, 2.05) is 0 Å². The Morgan fingerprint density at radius 2 is 1.68 bits per heavy atom. The second kappa shape index (κ2) is 5.03. The first kappa shape index (κ1) is 13.9. The fourth-order valence-electron chi connectivity index (χ4n) is 2.27. The third-order valence-corrected chi connectivity index (χ3v) is 3.29. The second-order valence-electron chi connectivity index (χ2n) is 4.47. The summed E-state index contributed by atoms with van der Waals surface area (Å²) in [6, 6.07) is 7.67. The van der Waals surface area contributed by atoms with Gasteiger partial charge in [-0.25, -0.2) is 9.69 Å². The van der Waals surface area contributed by atoms with Crippen molar-refractivity contribution in [2.45, 2.75) is 0 Å². The van der Waals surface area contributed by atoms with Gasteiger partial charge >= 0.3 is 11.9 Å². The van der Waals surface area contributed by atoms with Crippen molar-refractivity contribution in [3.8, 4) is 5.95 Å². The zero-order chi connectivity index (χ0) is 15.9. The lowest BCUT2D eigenvalue weighted by molar-refractivity contribution is 0.0594. The van der Waals surface area contributed by atoms with Crippen LogP contribution in [0, 0.1) is 0 Å². The molecule has 1 aromatic heterocycles. The van der Waals surface area contributed by atoms with E-state index in [1.54, 1.807) is 24.3 Å². The second-order valence-corrected chi connectivity index (χ2v) is 4.47. The van der Waals surface area contributed by atoms with Gasteiger partial charge in [-0.3, -0.25) is 9.59 Å². The summed E-state index contributed by atoms with van der Waals surface area (Å²) in [6.07, 6.45) is 0. The minimum absolute atomic E-state index is 0.00319. The molecule has 2 amide bonds. The Bertz CT molecular complexity index is 756. The lowest BCUT2D eigenvalue weighted by atomic mass is 10.1. The van der Waals surface area contributed by atoms with E-state index < -0.39 is 17.8 Å². The van der Waals surface area contributed by atoms with Gasteiger partial charge in [0.15, 0.2) is 0 Å². The average Bonchev–Trinajstić information content (AvgIpc) is 3.07. The first-order valence-corrected chi connectivity index (χ1v) is 6.32. The minimum atomic E-state index is -0.691. The number of nitrogens with zero attached hydrogens (tertiary/aromatic N) is 1. The van der Waals surface area contributed by atoms with Crippen molar-refractivity contribution >= 4 is 23.7 Å². The third kappa shape index (κ3) is 1.86. The molecule has 1 aliphatic heterocycles. The maximum Gasteiger partial charge on any atom is 0.345 e. The average molecular weight is 301 g/mol. The number of fused-ring (bicyclic) bond motifs is 1. The molecule has 2 aromatic rings. The molecule has 0 saturated heterocycles. The van der Waals surface area contributed by atoms with Gasteiger partial charge in [0.05, 0.1) is 25.3 Å². The van der Waals surface area contributed by atoms with E-state index in [0.717, 1.165) is 4.90 Å². The van der Waals surface area contributed by atoms with Crippen molar-refractivity contribution < 1.29 is 28.3 Å². The zero-order valence-electron chi connectivity index (χ0n) is 11.8. The molecular weight excluding hydrogens is 290 g/mol. The van der Waals surface area contributed by atoms with Crippen LogP contribution >= 0.6 is 0 Å². The van der Waals surface area contributed by atoms with Crippen molar-refractivity contribution in [3.63, 3.8) is 0 Å². The summed E-state index contributed by atoms with van der Waals surface area (Å²) >= 11 is 0. The quantitative estimate of drug-likeness (QED) is 0.635. The molecule has 0 radical (unpaired) electrons. The SMILES string of the molecule is COC(=O)c1cc(N2C(=O)c3ccccc3C2=O)oc1OC. The Balaban J connectivity index is 2.07. The highest BCUT2D eigenvalue weighted by Crippen LogP contribution is 2.34. The molecule has 7 nitrogen and oxygen atoms in total. The van der Waals surface area contributed by atoms with Crippen LogP contribution < -0.4 is 9.64 Å². The summed E-state index contributed by atoms with van der Waals surface area (Å²) in [5.41, 5.74) is 0.557. The molecule has 1 aromatic carbocycles. The van der Waals surface area contributed by atoms with E-state index in [2.05, 4.69) is 4.74 Å². The van der Waals surface area contributed by atoms with Gasteiger partial charge < -0.3 is 13.9 Å². The number of esters is 1. The van der Waals surface area contributed by atoms with E-state index >= 15 is 0 Å². The Morgan fingerprint density at radius 1 is 1.09 bits per heavy atom. The first-order valence-electron chi connectivity index (χ1n) is 6.32. The van der Waals surface area contributed by atoms with E-state index in [-0.39, 0.29) is 28.5 Å². The van der Waals surface area contributed by atoms with Gasteiger partial charge in [-0.2, -0.15) is 0 Å². The number of hydrogen-bond donors (Lipinski definition) is 0. The number of imide groups is 1. The normalized spacial score (nSPS) is 13.3. The number of carbonyl (C=O) groups excluding carboxylic acids is 3. The summed E-state index contributed by atoms with van der Waals surface area (Å²) in [5, 5.41) is 0. The van der Waals surface area contributed by atoms with Crippen molar-refractivity contribution in [3.05, 3.63) is 47.0 Å². The van der Waals surface area contributed by atoms with Crippen molar-refractivity contribution in [1.82, 2.24) is 0 Å². The largest absolute Gasteiger partial charge is 0.468 e. The van der Waals surface area contributed by atoms with E-state index in [4.69, 9.17) is 9.15 Å². The van der Waals surface area contributed by atoms with Crippen LogP contribution in [0.15, 0.2) is 34.7 Å². The smallest absolute Gasteiger partial charge is 0.345 e. The molecule has 3 rings (SSSR count). The molecule has 0 aliphatic carbocycles. The molecule has 0 spiro atoms. The number of hydrogen-bond acceptors (Lipinski definition) is 6. The Labute approximate surface area is 125 Å². The van der Waals surface area contributed by atoms with Crippen LogP contribution in [-0.4, -0.2) is 32.0 Å². The fourth-order valence-corrected chi connectivity index (χ4v) is 2.27. The van der Waals surface area contributed by atoms with Crippen LogP contribution in [0.2, 0.25) is 0 Å². The number of methoxy groups -OCH3 is 2. The van der Waals surface area contributed by atoms with Gasteiger partial charge in [0, 0.05) is 6.07 Å². The summed E-state index contributed by atoms with van der Waals surface area (Å²) in [5.74, 6) is -1.95. The Hall–Kier alpha value is -3.09. The van der Waals surface area contributed by atoms with Gasteiger partial charge in [0.2, 0.25) is 5.88 Å². The molecule has 0 fully saturated rings. The highest BCUT2D eigenvalue weighted by molar-refractivity contribution is 6.34. The summed E-state index contributed by atoms with van der Waals surface area (Å²) in [6.45, 7) is 0. The third-order valence-electron chi connectivity index (χ3n) is 3.29. The Morgan fingerprint density at radius 3 is 2.18 bits per heavy atom. The van der Waals surface area contributed by atoms with Crippen LogP contribution in [0.3, 0.4) is 0 Å². The molecule has 0 unspecified atom stereocenters. The maximum absolute atomic E-state index is 12.3. The topological polar surface area (TPSA) is 86.0 Å². The van der Waals surface area contributed by atoms with E-state index in [0.29, 0.717) is 0 Å². The number of benzene rings is 1. The standard InChI is InChI=1S/C15H11NO6/c1-20-14(19)10-7-11(22-15(10)21-2)16-12(17)8-5-3-4-6-9(8)13(16)18/h3-7H,1-2H3. The molecule has 2 heterocycles. The number of carbonyl (C=O) groups is 3. The van der Waals surface area contributed by atoms with Gasteiger partial charge in [-0.15, -0.1) is 0 Å². The van der Waals surface area contributed by atoms with Gasteiger partial charge in [0.25, 0.3) is 11.8 Å². The predicted molar refractivity (Wildman–Crippen MR) is 74.2 cm³/mol. The van der Waals surface area contributed by atoms with E-state index in [1.165, 1.54) is 20.3 Å². The predicted octanol–water partition coefficient (Wildman–Crippen LogP) is 1.88. The zero-order valence-corrected chi connectivity index (χ0v) is 11.8. The lowest BCUT2D eigenvalue weighted by Gasteiger charge is -2.08. The molecule has 1 aliphatic rings. The summed E-state index contributed by atoms with van der Waals surface area (Å²) < 4.78 is 14.8. The van der Waals surface area contributed by atoms with Crippen LogP contribution in [0.5, 0.6) is 5.95 Å². The van der Waals surface area contributed by atoms with Crippen LogP contribution in [0.4, 0.5) is 5.88 Å². The Kier molecular flexibility index (Phi) is 3.17. The molecular formula is C15H11NO6. The monoisotopic (exact) mass is 301 g/mol. The first-order chi connectivity index (χ1) is 10.6. The number of anilines is 1. The van der Waals surface area contributed by atoms with Crippen molar-refractivity contribution in [1.29, 1.82) is 0 Å². The van der Waals surface area contributed by atoms with E-state index in [9.17, 15) is 14.4 Å². The number of rotatable bonds is 3. The summed E-state index contributed by atoms with van der Waals surface area (Å²) in [7, 11) is 2.51. The molecule has 0 atom stereocenters. The molecule has 0 N–H and O–H groups in total. The highest BCUT2D eigenvalue weighted by Gasteiger charge is 2.39. The number of amides is 2. The summed E-state index contributed by atoms with van der Waals surface area (Å²) in [4.78, 5) is 37.2. The van der Waals surface area contributed by atoms with Crippen LogP contribution in [0.25, 0.3) is 0 Å². The van der Waals surface area contributed by atoms with Gasteiger partial charge in [0.1, 0.15) is 5.56 Å².